The lowest BCUT2D eigenvalue weighted by Gasteiger charge is -2.32. The quantitative estimate of drug-likeness (QED) is 0.723. The predicted octanol–water partition coefficient (Wildman–Crippen LogP) is 3.11. The Morgan fingerprint density at radius 1 is 1.35 bits per heavy atom. The SMILES string of the molecule is C#CCCC1(CCC(=O)N2CCC(Cc3occc3C(=O)O)CC2)N=N1. The highest BCUT2D eigenvalue weighted by atomic mass is 16.4. The molecule has 7 nitrogen and oxygen atoms in total. The van der Waals surface area contributed by atoms with Crippen molar-refractivity contribution in [3.8, 4) is 12.3 Å². The molecule has 0 unspecified atom stereocenters. The molecule has 0 spiro atoms. The topological polar surface area (TPSA) is 95.5 Å². The van der Waals surface area contributed by atoms with Gasteiger partial charge in [-0.15, -0.1) is 12.3 Å². The van der Waals surface area contributed by atoms with E-state index in [1.165, 1.54) is 12.3 Å². The van der Waals surface area contributed by atoms with E-state index in [-0.39, 0.29) is 11.5 Å². The molecule has 1 saturated heterocycles. The Balaban J connectivity index is 1.42. The highest BCUT2D eigenvalue weighted by molar-refractivity contribution is 5.88. The molecule has 1 N–H and O–H groups in total. The number of carbonyl (C=O) groups excluding carboxylic acids is 1. The van der Waals surface area contributed by atoms with Crippen LogP contribution in [0.1, 0.15) is 54.6 Å². The van der Waals surface area contributed by atoms with Gasteiger partial charge < -0.3 is 14.4 Å². The molecular weight excluding hydrogens is 334 g/mol. The summed E-state index contributed by atoms with van der Waals surface area (Å²) >= 11 is 0. The van der Waals surface area contributed by atoms with Crippen molar-refractivity contribution in [2.24, 2.45) is 16.1 Å². The zero-order valence-electron chi connectivity index (χ0n) is 14.7. The molecule has 1 aromatic rings. The number of carbonyl (C=O) groups is 2. The fraction of sp³-hybridized carbons (Fsp3) is 0.579. The van der Waals surface area contributed by atoms with E-state index >= 15 is 0 Å². The van der Waals surface area contributed by atoms with E-state index in [1.807, 2.05) is 4.90 Å². The zero-order valence-corrected chi connectivity index (χ0v) is 14.7. The van der Waals surface area contributed by atoms with Crippen LogP contribution in [0.4, 0.5) is 0 Å². The van der Waals surface area contributed by atoms with Crippen LogP contribution < -0.4 is 0 Å². The number of amides is 1. The molecule has 1 fully saturated rings. The van der Waals surface area contributed by atoms with Crippen molar-refractivity contribution in [3.63, 3.8) is 0 Å². The van der Waals surface area contributed by atoms with Gasteiger partial charge in [-0.3, -0.25) is 4.79 Å². The molecule has 0 aliphatic carbocycles. The Bertz CT molecular complexity index is 732. The lowest BCUT2D eigenvalue weighted by atomic mass is 9.91. The summed E-state index contributed by atoms with van der Waals surface area (Å²) in [5, 5.41) is 17.3. The number of likely N-dealkylation sites (tertiary alicyclic amines) is 1. The normalized spacial score (nSPS) is 18.5. The van der Waals surface area contributed by atoms with Crippen LogP contribution in [-0.4, -0.2) is 40.6 Å². The number of piperidine rings is 1. The summed E-state index contributed by atoms with van der Waals surface area (Å²) in [7, 11) is 0. The van der Waals surface area contributed by atoms with E-state index in [1.54, 1.807) is 0 Å². The van der Waals surface area contributed by atoms with Crippen LogP contribution >= 0.6 is 0 Å². The molecule has 0 bridgehead atoms. The lowest BCUT2D eigenvalue weighted by Crippen LogP contribution is -2.39. The summed E-state index contributed by atoms with van der Waals surface area (Å²) in [6, 6.07) is 1.49. The maximum Gasteiger partial charge on any atom is 0.339 e. The molecule has 3 rings (SSSR count). The minimum Gasteiger partial charge on any atom is -0.478 e. The summed E-state index contributed by atoms with van der Waals surface area (Å²) in [5.74, 6) is 2.61. The average Bonchev–Trinajstić information content (AvgIpc) is 3.26. The van der Waals surface area contributed by atoms with Crippen molar-refractivity contribution in [1.82, 2.24) is 4.90 Å². The minimum atomic E-state index is -0.962. The third-order valence-corrected chi connectivity index (χ3v) is 5.21. The summed E-state index contributed by atoms with van der Waals surface area (Å²) in [6.07, 6.45) is 11.4. The van der Waals surface area contributed by atoms with Gasteiger partial charge in [-0.2, -0.15) is 10.2 Å². The molecule has 26 heavy (non-hydrogen) atoms. The Morgan fingerprint density at radius 3 is 2.69 bits per heavy atom. The molecule has 2 aliphatic rings. The summed E-state index contributed by atoms with van der Waals surface area (Å²) in [4.78, 5) is 25.5. The smallest absolute Gasteiger partial charge is 0.339 e. The number of terminal acetylenes is 1. The highest BCUT2D eigenvalue weighted by Crippen LogP contribution is 2.38. The number of hydrogen-bond donors (Lipinski definition) is 1. The number of nitrogens with zero attached hydrogens (tertiary/aromatic N) is 3. The van der Waals surface area contributed by atoms with Crippen LogP contribution in [0.25, 0.3) is 0 Å². The van der Waals surface area contributed by atoms with Gasteiger partial charge in [0.25, 0.3) is 0 Å². The Morgan fingerprint density at radius 2 is 2.08 bits per heavy atom. The zero-order chi connectivity index (χ0) is 18.6. The van der Waals surface area contributed by atoms with Gasteiger partial charge >= 0.3 is 5.97 Å². The lowest BCUT2D eigenvalue weighted by molar-refractivity contribution is -0.132. The Labute approximate surface area is 152 Å². The first-order valence-electron chi connectivity index (χ1n) is 8.98. The van der Waals surface area contributed by atoms with E-state index in [4.69, 9.17) is 15.9 Å². The monoisotopic (exact) mass is 357 g/mol. The van der Waals surface area contributed by atoms with E-state index in [0.717, 1.165) is 12.8 Å². The van der Waals surface area contributed by atoms with Crippen molar-refractivity contribution in [1.29, 1.82) is 0 Å². The maximum absolute atomic E-state index is 12.4. The minimum absolute atomic E-state index is 0.130. The fourth-order valence-electron chi connectivity index (χ4n) is 3.47. The number of hydrogen-bond acceptors (Lipinski definition) is 5. The average molecular weight is 357 g/mol. The summed E-state index contributed by atoms with van der Waals surface area (Å²) < 4.78 is 5.32. The fourth-order valence-corrected chi connectivity index (χ4v) is 3.47. The second kappa shape index (κ2) is 7.73. The highest BCUT2D eigenvalue weighted by Gasteiger charge is 2.39. The molecule has 7 heteroatoms. The van der Waals surface area contributed by atoms with Gasteiger partial charge in [0, 0.05) is 45.2 Å². The summed E-state index contributed by atoms with van der Waals surface area (Å²) in [6.45, 7) is 1.39. The second-order valence-electron chi connectivity index (χ2n) is 6.98. The number of rotatable bonds is 8. The van der Waals surface area contributed by atoms with Crippen LogP contribution in [0.3, 0.4) is 0 Å². The first kappa shape index (κ1) is 18.2. The van der Waals surface area contributed by atoms with Crippen molar-refractivity contribution in [2.75, 3.05) is 13.1 Å². The van der Waals surface area contributed by atoms with Crippen LogP contribution in [0.15, 0.2) is 27.0 Å². The van der Waals surface area contributed by atoms with Crippen molar-refractivity contribution in [3.05, 3.63) is 23.7 Å². The molecule has 0 saturated carbocycles. The van der Waals surface area contributed by atoms with Crippen LogP contribution in [0.5, 0.6) is 0 Å². The van der Waals surface area contributed by atoms with Crippen molar-refractivity contribution in [2.45, 2.75) is 50.6 Å². The third kappa shape index (κ3) is 4.31. The van der Waals surface area contributed by atoms with Crippen LogP contribution in [-0.2, 0) is 11.2 Å². The van der Waals surface area contributed by atoms with Crippen molar-refractivity contribution < 1.29 is 19.1 Å². The van der Waals surface area contributed by atoms with Gasteiger partial charge in [-0.05, 0) is 24.8 Å². The van der Waals surface area contributed by atoms with E-state index in [2.05, 4.69) is 16.1 Å². The largest absolute Gasteiger partial charge is 0.478 e. The predicted molar refractivity (Wildman–Crippen MR) is 93.6 cm³/mol. The summed E-state index contributed by atoms with van der Waals surface area (Å²) in [5.41, 5.74) is -0.176. The van der Waals surface area contributed by atoms with Gasteiger partial charge in [0.15, 0.2) is 5.66 Å². The molecule has 1 amide bonds. The van der Waals surface area contributed by atoms with Gasteiger partial charge in [-0.1, -0.05) is 0 Å². The van der Waals surface area contributed by atoms with E-state index < -0.39 is 11.6 Å². The van der Waals surface area contributed by atoms with Gasteiger partial charge in [-0.25, -0.2) is 4.79 Å². The third-order valence-electron chi connectivity index (χ3n) is 5.21. The van der Waals surface area contributed by atoms with Crippen molar-refractivity contribution >= 4 is 11.9 Å². The van der Waals surface area contributed by atoms with Gasteiger partial charge in [0.1, 0.15) is 11.3 Å². The molecule has 0 aromatic carbocycles. The second-order valence-corrected chi connectivity index (χ2v) is 6.98. The standard InChI is InChI=1S/C19H23N3O4/c1-2-3-8-19(20-21-19)9-4-17(23)22-10-5-14(6-11-22)13-16-15(18(24)25)7-12-26-16/h1,7,12,14H,3-6,8-11,13H2,(H,24,25). The molecule has 0 radical (unpaired) electrons. The number of carboxylic acid groups (broad SMARTS) is 1. The van der Waals surface area contributed by atoms with E-state index in [0.29, 0.717) is 56.9 Å². The van der Waals surface area contributed by atoms with Crippen LogP contribution in [0.2, 0.25) is 0 Å². The number of aromatic carboxylic acids is 1. The molecule has 1 aromatic heterocycles. The van der Waals surface area contributed by atoms with Gasteiger partial charge in [0.2, 0.25) is 5.91 Å². The molecule has 2 aliphatic heterocycles. The number of furan rings is 1. The molecule has 0 atom stereocenters. The molecular formula is C19H23N3O4. The Kier molecular flexibility index (Phi) is 5.40. The molecule has 3 heterocycles. The molecule has 138 valence electrons. The first-order chi connectivity index (χ1) is 12.5. The first-order valence-corrected chi connectivity index (χ1v) is 8.98. The Hall–Kier alpha value is -2.62. The van der Waals surface area contributed by atoms with Gasteiger partial charge in [0.05, 0.1) is 6.26 Å². The van der Waals surface area contributed by atoms with Crippen LogP contribution in [0, 0.1) is 18.3 Å². The van der Waals surface area contributed by atoms with E-state index in [9.17, 15) is 9.59 Å². The number of carboxylic acids is 1. The maximum atomic E-state index is 12.4.